The predicted octanol–water partition coefficient (Wildman–Crippen LogP) is 4.03. The highest BCUT2D eigenvalue weighted by Gasteiger charge is 2.17. The van der Waals surface area contributed by atoms with Gasteiger partial charge in [0.2, 0.25) is 0 Å². The van der Waals surface area contributed by atoms with E-state index in [-0.39, 0.29) is 5.75 Å². The average molecular weight is 491 g/mol. The molecule has 2 heterocycles. The molecule has 6 heteroatoms. The molecule has 0 atom stereocenters. The Balaban J connectivity index is 2.35. The summed E-state index contributed by atoms with van der Waals surface area (Å²) in [5, 5.41) is 10.3. The zero-order valence-electron chi connectivity index (χ0n) is 10.6. The van der Waals surface area contributed by atoms with E-state index in [1.54, 1.807) is 6.20 Å². The number of imidazole rings is 1. The van der Waals surface area contributed by atoms with Crippen molar-refractivity contribution in [1.82, 2.24) is 14.5 Å². The quantitative estimate of drug-likeness (QED) is 0.552. The van der Waals surface area contributed by atoms with Crippen LogP contribution in [0.25, 0.3) is 22.6 Å². The monoisotopic (exact) mass is 491 g/mol. The Hall–Kier alpha value is -0.900. The standard InChI is InChI=1S/C14H11I2N3O/c1-2-19-13(18-11-4-3-5-17-14(11)19)9-6-8(15)7-10(16)12(9)20/h3-7,20H,2H2,1H3. The summed E-state index contributed by atoms with van der Waals surface area (Å²) >= 11 is 4.39. The molecule has 0 spiro atoms. The summed E-state index contributed by atoms with van der Waals surface area (Å²) in [7, 11) is 0. The lowest BCUT2D eigenvalue weighted by Crippen LogP contribution is -1.99. The SMILES string of the molecule is CCn1c(-c2cc(I)cc(I)c2O)nc2cccnc21. The molecule has 1 N–H and O–H groups in total. The van der Waals surface area contributed by atoms with Crippen molar-refractivity contribution in [2.24, 2.45) is 0 Å². The summed E-state index contributed by atoms with van der Waals surface area (Å²) in [6.07, 6.45) is 1.76. The maximum atomic E-state index is 10.3. The molecule has 0 saturated heterocycles. The van der Waals surface area contributed by atoms with Crippen LogP contribution >= 0.6 is 45.2 Å². The highest BCUT2D eigenvalue weighted by atomic mass is 127. The number of rotatable bonds is 2. The zero-order valence-corrected chi connectivity index (χ0v) is 15.0. The van der Waals surface area contributed by atoms with Crippen molar-refractivity contribution in [2.75, 3.05) is 0 Å². The lowest BCUT2D eigenvalue weighted by atomic mass is 10.2. The third-order valence-electron chi connectivity index (χ3n) is 3.09. The lowest BCUT2D eigenvalue weighted by Gasteiger charge is -2.09. The number of fused-ring (bicyclic) bond motifs is 1. The number of aryl methyl sites for hydroxylation is 1. The van der Waals surface area contributed by atoms with E-state index in [1.807, 2.05) is 28.8 Å². The highest BCUT2D eigenvalue weighted by molar-refractivity contribution is 14.1. The zero-order chi connectivity index (χ0) is 14.3. The van der Waals surface area contributed by atoms with Crippen LogP contribution in [0.3, 0.4) is 0 Å². The number of aromatic hydroxyl groups is 1. The number of halogens is 2. The fourth-order valence-corrected chi connectivity index (χ4v) is 4.04. The van der Waals surface area contributed by atoms with E-state index in [0.29, 0.717) is 0 Å². The van der Waals surface area contributed by atoms with Crippen LogP contribution in [0.4, 0.5) is 0 Å². The van der Waals surface area contributed by atoms with Gasteiger partial charge in [-0.3, -0.25) is 0 Å². The Labute approximate surface area is 143 Å². The third-order valence-corrected chi connectivity index (χ3v) is 4.53. The van der Waals surface area contributed by atoms with Gasteiger partial charge in [-0.2, -0.15) is 0 Å². The van der Waals surface area contributed by atoms with E-state index >= 15 is 0 Å². The third kappa shape index (κ3) is 2.28. The minimum Gasteiger partial charge on any atom is -0.506 e. The minimum atomic E-state index is 0.274. The van der Waals surface area contributed by atoms with E-state index in [2.05, 4.69) is 62.1 Å². The number of hydrogen-bond donors (Lipinski definition) is 1. The predicted molar refractivity (Wildman–Crippen MR) is 95.7 cm³/mol. The number of hydrogen-bond acceptors (Lipinski definition) is 3. The number of nitrogens with zero attached hydrogens (tertiary/aromatic N) is 3. The summed E-state index contributed by atoms with van der Waals surface area (Å²) in [5.41, 5.74) is 2.44. The van der Waals surface area contributed by atoms with Gasteiger partial charge in [-0.1, -0.05) is 0 Å². The molecule has 0 aliphatic rings. The van der Waals surface area contributed by atoms with E-state index in [0.717, 1.165) is 36.2 Å². The average Bonchev–Trinajstić information content (AvgIpc) is 2.81. The van der Waals surface area contributed by atoms with E-state index in [9.17, 15) is 5.11 Å². The summed E-state index contributed by atoms with van der Waals surface area (Å²) in [6.45, 7) is 2.81. The van der Waals surface area contributed by atoms with Gasteiger partial charge in [0.15, 0.2) is 5.65 Å². The molecular weight excluding hydrogens is 480 g/mol. The Morgan fingerprint density at radius 2 is 2.10 bits per heavy atom. The largest absolute Gasteiger partial charge is 0.506 e. The summed E-state index contributed by atoms with van der Waals surface area (Å²) < 4.78 is 3.92. The van der Waals surface area contributed by atoms with Crippen LogP contribution in [0.15, 0.2) is 30.5 Å². The molecule has 4 nitrogen and oxygen atoms in total. The van der Waals surface area contributed by atoms with E-state index < -0.39 is 0 Å². The van der Waals surface area contributed by atoms with Crippen LogP contribution in [0, 0.1) is 7.14 Å². The molecule has 0 radical (unpaired) electrons. The maximum absolute atomic E-state index is 10.3. The molecule has 102 valence electrons. The van der Waals surface area contributed by atoms with Gasteiger partial charge in [-0.15, -0.1) is 0 Å². The second-order valence-corrected chi connectivity index (χ2v) is 6.72. The molecule has 0 saturated carbocycles. The summed E-state index contributed by atoms with van der Waals surface area (Å²) in [5.74, 6) is 1.03. The fraction of sp³-hybridized carbons (Fsp3) is 0.143. The van der Waals surface area contributed by atoms with Crippen LogP contribution in [0.5, 0.6) is 5.75 Å². The molecule has 3 aromatic rings. The van der Waals surface area contributed by atoms with Crippen LogP contribution in [0.1, 0.15) is 6.92 Å². The Morgan fingerprint density at radius 1 is 1.30 bits per heavy atom. The molecule has 2 aromatic heterocycles. The number of phenolic OH excluding ortho intramolecular Hbond substituents is 1. The maximum Gasteiger partial charge on any atom is 0.160 e. The first-order chi connectivity index (χ1) is 9.61. The highest BCUT2D eigenvalue weighted by Crippen LogP contribution is 2.35. The van der Waals surface area contributed by atoms with Crippen molar-refractivity contribution in [3.05, 3.63) is 37.6 Å². The molecule has 1 aromatic carbocycles. The molecule has 0 fully saturated rings. The second kappa shape index (κ2) is 5.47. The topological polar surface area (TPSA) is 50.9 Å². The van der Waals surface area contributed by atoms with E-state index in [4.69, 9.17) is 0 Å². The van der Waals surface area contributed by atoms with Gasteiger partial charge >= 0.3 is 0 Å². The molecule has 3 rings (SSSR count). The van der Waals surface area contributed by atoms with Crippen LogP contribution in [-0.4, -0.2) is 19.6 Å². The normalized spacial score (nSPS) is 11.2. The molecule has 0 aliphatic heterocycles. The van der Waals surface area contributed by atoms with Crippen molar-refractivity contribution in [3.8, 4) is 17.1 Å². The minimum absolute atomic E-state index is 0.274. The first kappa shape index (κ1) is 14.1. The molecule has 0 amide bonds. The molecule has 0 aliphatic carbocycles. The van der Waals surface area contributed by atoms with Crippen molar-refractivity contribution >= 4 is 56.3 Å². The number of benzene rings is 1. The smallest absolute Gasteiger partial charge is 0.160 e. The van der Waals surface area contributed by atoms with Crippen molar-refractivity contribution < 1.29 is 5.11 Å². The first-order valence-corrected chi connectivity index (χ1v) is 8.27. The van der Waals surface area contributed by atoms with Gasteiger partial charge in [-0.05, 0) is 76.4 Å². The van der Waals surface area contributed by atoms with Gasteiger partial charge in [0.05, 0.1) is 9.13 Å². The number of phenols is 1. The van der Waals surface area contributed by atoms with Crippen molar-refractivity contribution in [1.29, 1.82) is 0 Å². The Morgan fingerprint density at radius 3 is 2.85 bits per heavy atom. The Bertz CT molecular complexity index is 798. The number of aromatic nitrogens is 3. The lowest BCUT2D eigenvalue weighted by molar-refractivity contribution is 0.472. The van der Waals surface area contributed by atoms with Gasteiger partial charge in [0.25, 0.3) is 0 Å². The molecule has 0 unspecified atom stereocenters. The van der Waals surface area contributed by atoms with Crippen molar-refractivity contribution in [3.63, 3.8) is 0 Å². The van der Waals surface area contributed by atoms with Crippen molar-refractivity contribution in [2.45, 2.75) is 13.5 Å². The van der Waals surface area contributed by atoms with Gasteiger partial charge in [0.1, 0.15) is 17.1 Å². The molecule has 20 heavy (non-hydrogen) atoms. The molecule has 0 bridgehead atoms. The Kier molecular flexibility index (Phi) is 3.85. The second-order valence-electron chi connectivity index (χ2n) is 4.31. The summed E-state index contributed by atoms with van der Waals surface area (Å²) in [4.78, 5) is 9.02. The summed E-state index contributed by atoms with van der Waals surface area (Å²) in [6, 6.07) is 7.70. The van der Waals surface area contributed by atoms with Gasteiger partial charge in [0, 0.05) is 16.3 Å². The van der Waals surface area contributed by atoms with E-state index in [1.165, 1.54) is 0 Å². The van der Waals surface area contributed by atoms with Crippen LogP contribution in [0.2, 0.25) is 0 Å². The van der Waals surface area contributed by atoms with Crippen LogP contribution < -0.4 is 0 Å². The first-order valence-electron chi connectivity index (χ1n) is 6.11. The molecular formula is C14H11I2N3O. The van der Waals surface area contributed by atoms with Crippen LogP contribution in [-0.2, 0) is 6.54 Å². The van der Waals surface area contributed by atoms with Gasteiger partial charge < -0.3 is 9.67 Å². The van der Waals surface area contributed by atoms with Gasteiger partial charge in [-0.25, -0.2) is 9.97 Å². The fourth-order valence-electron chi connectivity index (χ4n) is 2.20. The number of pyridine rings is 1.